The molecule has 1 unspecified atom stereocenters. The third-order valence-electron chi connectivity index (χ3n) is 4.63. The second-order valence-electron chi connectivity index (χ2n) is 6.61. The first-order chi connectivity index (χ1) is 12.8. The van der Waals surface area contributed by atoms with Gasteiger partial charge in [0, 0.05) is 52.1 Å². The van der Waals surface area contributed by atoms with E-state index in [2.05, 4.69) is 56.9 Å². The van der Waals surface area contributed by atoms with Gasteiger partial charge in [-0.25, -0.2) is 0 Å². The van der Waals surface area contributed by atoms with E-state index in [1.54, 1.807) is 7.05 Å². The Morgan fingerprint density at radius 3 is 2.96 bits per heavy atom. The van der Waals surface area contributed by atoms with Crippen molar-refractivity contribution in [3.8, 4) is 0 Å². The zero-order valence-corrected chi connectivity index (χ0v) is 15.6. The van der Waals surface area contributed by atoms with Crippen LogP contribution < -0.4 is 15.5 Å². The first-order valence-electron chi connectivity index (χ1n) is 9.48. The van der Waals surface area contributed by atoms with Crippen LogP contribution in [0.4, 0.5) is 5.69 Å². The minimum Gasteiger partial charge on any atom is -0.379 e. The van der Waals surface area contributed by atoms with Gasteiger partial charge in [-0.1, -0.05) is 24.3 Å². The molecule has 0 radical (unpaired) electrons. The third kappa shape index (κ3) is 5.75. The van der Waals surface area contributed by atoms with Crippen LogP contribution in [0.2, 0.25) is 0 Å². The van der Waals surface area contributed by atoms with Crippen LogP contribution >= 0.6 is 0 Å². The summed E-state index contributed by atoms with van der Waals surface area (Å²) in [5.41, 5.74) is 2.52. The maximum absolute atomic E-state index is 5.77. The van der Waals surface area contributed by atoms with Crippen LogP contribution in [0.15, 0.2) is 41.4 Å². The Labute approximate surface area is 156 Å². The van der Waals surface area contributed by atoms with E-state index in [4.69, 9.17) is 9.47 Å². The molecule has 0 amide bonds. The van der Waals surface area contributed by atoms with Gasteiger partial charge in [-0.05, 0) is 30.5 Å². The van der Waals surface area contributed by atoms with E-state index in [0.29, 0.717) is 0 Å². The zero-order chi connectivity index (χ0) is 18.0. The maximum atomic E-state index is 5.77. The molecule has 1 atom stereocenters. The van der Waals surface area contributed by atoms with Gasteiger partial charge in [0.05, 0.1) is 12.7 Å². The zero-order valence-electron chi connectivity index (χ0n) is 15.6. The van der Waals surface area contributed by atoms with Gasteiger partial charge in [0.15, 0.2) is 5.96 Å². The van der Waals surface area contributed by atoms with Gasteiger partial charge in [-0.2, -0.15) is 0 Å². The van der Waals surface area contributed by atoms with Crippen LogP contribution in [0.1, 0.15) is 18.4 Å². The van der Waals surface area contributed by atoms with Crippen LogP contribution in [0.5, 0.6) is 0 Å². The Hall–Kier alpha value is -2.05. The average molecular weight is 358 g/mol. The molecule has 2 aliphatic rings. The van der Waals surface area contributed by atoms with Crippen LogP contribution in [-0.4, -0.2) is 58.6 Å². The molecule has 6 heteroatoms. The molecule has 1 aromatic carbocycles. The molecule has 142 valence electrons. The SMILES string of the molecule is CN=C(NCCCOC1CCOC1)NCc1cccc(N2CC=CC2)c1. The van der Waals surface area contributed by atoms with Gasteiger partial charge in [-0.15, -0.1) is 0 Å². The van der Waals surface area contributed by atoms with Gasteiger partial charge in [-0.3, -0.25) is 4.99 Å². The van der Waals surface area contributed by atoms with Crippen molar-refractivity contribution in [3.63, 3.8) is 0 Å². The highest BCUT2D eigenvalue weighted by atomic mass is 16.5. The van der Waals surface area contributed by atoms with E-state index in [1.165, 1.54) is 11.3 Å². The van der Waals surface area contributed by atoms with Gasteiger partial charge in [0.25, 0.3) is 0 Å². The smallest absolute Gasteiger partial charge is 0.191 e. The number of guanidine groups is 1. The first-order valence-corrected chi connectivity index (χ1v) is 9.48. The number of benzene rings is 1. The summed E-state index contributed by atoms with van der Waals surface area (Å²) < 4.78 is 11.1. The summed E-state index contributed by atoms with van der Waals surface area (Å²) in [6.07, 6.45) is 6.67. The molecule has 0 saturated carbocycles. The van der Waals surface area contributed by atoms with Crippen molar-refractivity contribution in [1.29, 1.82) is 0 Å². The Bertz CT molecular complexity index is 604. The lowest BCUT2D eigenvalue weighted by atomic mass is 10.2. The molecule has 3 rings (SSSR count). The predicted octanol–water partition coefficient (Wildman–Crippen LogP) is 1.92. The number of ether oxygens (including phenoxy) is 2. The molecule has 26 heavy (non-hydrogen) atoms. The Kier molecular flexibility index (Phi) is 7.34. The summed E-state index contributed by atoms with van der Waals surface area (Å²) in [6, 6.07) is 8.67. The van der Waals surface area contributed by atoms with E-state index in [0.717, 1.165) is 64.8 Å². The summed E-state index contributed by atoms with van der Waals surface area (Å²) in [5.74, 6) is 0.822. The fourth-order valence-electron chi connectivity index (χ4n) is 3.13. The Balaban J connectivity index is 1.35. The fourth-order valence-corrected chi connectivity index (χ4v) is 3.13. The molecule has 1 fully saturated rings. The van der Waals surface area contributed by atoms with E-state index >= 15 is 0 Å². The highest BCUT2D eigenvalue weighted by Gasteiger charge is 2.15. The number of hydrogen-bond donors (Lipinski definition) is 2. The van der Waals surface area contributed by atoms with E-state index in [1.807, 2.05) is 0 Å². The largest absolute Gasteiger partial charge is 0.379 e. The Morgan fingerprint density at radius 2 is 2.19 bits per heavy atom. The van der Waals surface area contributed by atoms with Crippen LogP contribution in [0, 0.1) is 0 Å². The number of aliphatic imine (C=N–C) groups is 1. The van der Waals surface area contributed by atoms with Crippen LogP contribution in [0.25, 0.3) is 0 Å². The molecule has 2 aliphatic heterocycles. The topological polar surface area (TPSA) is 58.1 Å². The van der Waals surface area contributed by atoms with E-state index in [9.17, 15) is 0 Å². The predicted molar refractivity (Wildman–Crippen MR) is 106 cm³/mol. The van der Waals surface area contributed by atoms with E-state index < -0.39 is 0 Å². The van der Waals surface area contributed by atoms with Crippen molar-refractivity contribution >= 4 is 11.6 Å². The number of nitrogens with one attached hydrogen (secondary N) is 2. The quantitative estimate of drug-likeness (QED) is 0.322. The van der Waals surface area contributed by atoms with E-state index in [-0.39, 0.29) is 6.10 Å². The van der Waals surface area contributed by atoms with Gasteiger partial charge < -0.3 is 25.0 Å². The Morgan fingerprint density at radius 1 is 1.31 bits per heavy atom. The lowest BCUT2D eigenvalue weighted by molar-refractivity contribution is 0.0420. The monoisotopic (exact) mass is 358 g/mol. The number of hydrogen-bond acceptors (Lipinski definition) is 4. The molecule has 0 aliphatic carbocycles. The standard InChI is InChI=1S/C20H30N4O2/c1-21-20(22-9-5-12-26-19-8-13-25-16-19)23-15-17-6-4-7-18(14-17)24-10-2-3-11-24/h2-4,6-7,14,19H,5,8-13,15-16H2,1H3,(H2,21,22,23). The molecular formula is C20H30N4O2. The van der Waals surface area contributed by atoms with Crippen molar-refractivity contribution in [2.75, 3.05) is 51.4 Å². The minimum atomic E-state index is 0.283. The van der Waals surface area contributed by atoms with Crippen molar-refractivity contribution in [2.24, 2.45) is 4.99 Å². The molecule has 0 aromatic heterocycles. The summed E-state index contributed by atoms with van der Waals surface area (Å²) in [5, 5.41) is 6.72. The third-order valence-corrected chi connectivity index (χ3v) is 4.63. The second-order valence-corrected chi connectivity index (χ2v) is 6.61. The number of rotatable bonds is 8. The lowest BCUT2D eigenvalue weighted by Crippen LogP contribution is -2.37. The molecular weight excluding hydrogens is 328 g/mol. The number of anilines is 1. The first kappa shape index (κ1) is 18.7. The molecule has 2 heterocycles. The van der Waals surface area contributed by atoms with Crippen molar-refractivity contribution in [1.82, 2.24) is 10.6 Å². The van der Waals surface area contributed by atoms with Crippen molar-refractivity contribution < 1.29 is 9.47 Å². The number of nitrogens with zero attached hydrogens (tertiary/aromatic N) is 2. The second kappa shape index (κ2) is 10.2. The summed E-state index contributed by atoms with van der Waals surface area (Å²) in [7, 11) is 1.80. The summed E-state index contributed by atoms with van der Waals surface area (Å²) >= 11 is 0. The fraction of sp³-hybridized carbons (Fsp3) is 0.550. The van der Waals surface area contributed by atoms with Gasteiger partial charge in [0.1, 0.15) is 0 Å². The normalized spacial score (nSPS) is 20.0. The average Bonchev–Trinajstić information content (AvgIpc) is 3.38. The van der Waals surface area contributed by atoms with Gasteiger partial charge >= 0.3 is 0 Å². The summed E-state index contributed by atoms with van der Waals surface area (Å²) in [4.78, 5) is 6.64. The molecule has 0 spiro atoms. The molecule has 6 nitrogen and oxygen atoms in total. The van der Waals surface area contributed by atoms with Crippen molar-refractivity contribution in [3.05, 3.63) is 42.0 Å². The van der Waals surface area contributed by atoms with Crippen molar-refractivity contribution in [2.45, 2.75) is 25.5 Å². The lowest BCUT2D eigenvalue weighted by Gasteiger charge is -2.19. The molecule has 1 aromatic rings. The minimum absolute atomic E-state index is 0.283. The molecule has 2 N–H and O–H groups in total. The molecule has 1 saturated heterocycles. The highest BCUT2D eigenvalue weighted by molar-refractivity contribution is 5.79. The highest BCUT2D eigenvalue weighted by Crippen LogP contribution is 2.18. The molecule has 0 bridgehead atoms. The maximum Gasteiger partial charge on any atom is 0.191 e. The van der Waals surface area contributed by atoms with Gasteiger partial charge in [0.2, 0.25) is 0 Å². The van der Waals surface area contributed by atoms with Crippen LogP contribution in [-0.2, 0) is 16.0 Å². The van der Waals surface area contributed by atoms with Crippen LogP contribution in [0.3, 0.4) is 0 Å². The summed E-state index contributed by atoms with van der Waals surface area (Å²) in [6.45, 7) is 5.91.